The molecule has 174 valence electrons. The molecule has 0 radical (unpaired) electrons. The van der Waals surface area contributed by atoms with Crippen LogP contribution in [0.15, 0.2) is 107 Å². The second-order valence-corrected chi connectivity index (χ2v) is 10.2. The minimum absolute atomic E-state index is 0.0559. The summed E-state index contributed by atoms with van der Waals surface area (Å²) in [5.74, 6) is 0.182. The molecule has 0 spiro atoms. The molecule has 34 heavy (non-hydrogen) atoms. The van der Waals surface area contributed by atoms with Crippen molar-refractivity contribution in [1.29, 1.82) is 0 Å². The first-order valence-electron chi connectivity index (χ1n) is 9.94. The number of rotatable bonds is 7. The van der Waals surface area contributed by atoms with Crippen LogP contribution in [0.1, 0.15) is 0 Å². The lowest BCUT2D eigenvalue weighted by Gasteiger charge is -2.16. The van der Waals surface area contributed by atoms with E-state index in [-0.39, 0.29) is 43.8 Å². The molecule has 8 nitrogen and oxygen atoms in total. The topological polar surface area (TPSA) is 139 Å². The first-order valence-corrected chi connectivity index (χ1v) is 12.8. The largest absolute Gasteiger partial charge is 0.399 e. The Morgan fingerprint density at radius 3 is 1.21 bits per heavy atom. The minimum atomic E-state index is -4.39. The first-order chi connectivity index (χ1) is 16.2. The Hall–Kier alpha value is -4.02. The number of nitrogens with two attached hydrogens (primary N) is 2. The highest BCUT2D eigenvalue weighted by Crippen LogP contribution is 2.36. The molecular weight excluding hydrogens is 476 g/mol. The minimum Gasteiger partial charge on any atom is -0.399 e. The molecular formula is C24H20N2O6S2. The molecule has 0 unspecified atom stereocenters. The van der Waals surface area contributed by atoms with Crippen molar-refractivity contribution in [3.8, 4) is 22.6 Å². The maximum atomic E-state index is 13.2. The van der Waals surface area contributed by atoms with Gasteiger partial charge in [-0.1, -0.05) is 48.5 Å². The van der Waals surface area contributed by atoms with Crippen LogP contribution in [0, 0.1) is 0 Å². The predicted molar refractivity (Wildman–Crippen MR) is 129 cm³/mol. The summed E-state index contributed by atoms with van der Waals surface area (Å²) in [5, 5.41) is 0. The van der Waals surface area contributed by atoms with Crippen molar-refractivity contribution in [2.45, 2.75) is 9.79 Å². The summed E-state index contributed by atoms with van der Waals surface area (Å²) in [6, 6.07) is 24.0. The zero-order valence-corrected chi connectivity index (χ0v) is 19.3. The lowest BCUT2D eigenvalue weighted by Crippen LogP contribution is -2.14. The van der Waals surface area contributed by atoms with Crippen molar-refractivity contribution in [2.24, 2.45) is 0 Å². The molecule has 0 saturated heterocycles. The van der Waals surface area contributed by atoms with E-state index in [9.17, 15) is 16.8 Å². The normalized spacial score (nSPS) is 11.6. The third kappa shape index (κ3) is 4.98. The van der Waals surface area contributed by atoms with E-state index in [1.54, 1.807) is 36.4 Å². The molecule has 4 N–H and O–H groups in total. The number of para-hydroxylation sites is 2. The number of nitrogen functional groups attached to an aromatic ring is 2. The van der Waals surface area contributed by atoms with Crippen LogP contribution in [0.25, 0.3) is 11.1 Å². The Balaban J connectivity index is 1.87. The number of benzene rings is 4. The average Bonchev–Trinajstić information content (AvgIpc) is 2.80. The van der Waals surface area contributed by atoms with Crippen molar-refractivity contribution in [1.82, 2.24) is 0 Å². The van der Waals surface area contributed by atoms with E-state index in [0.29, 0.717) is 0 Å². The van der Waals surface area contributed by atoms with E-state index < -0.39 is 20.2 Å². The Morgan fingerprint density at radius 2 is 0.853 bits per heavy atom. The van der Waals surface area contributed by atoms with Gasteiger partial charge in [-0.2, -0.15) is 16.8 Å². The fraction of sp³-hybridized carbons (Fsp3) is 0. The van der Waals surface area contributed by atoms with Gasteiger partial charge in [-0.15, -0.1) is 0 Å². The summed E-state index contributed by atoms with van der Waals surface area (Å²) >= 11 is 0. The van der Waals surface area contributed by atoms with E-state index in [4.69, 9.17) is 19.8 Å². The molecule has 0 bridgehead atoms. The van der Waals surface area contributed by atoms with Crippen molar-refractivity contribution in [2.75, 3.05) is 11.5 Å². The standard InChI is InChI=1S/C24H20N2O6S2/c25-17-11-13-21(23(15-17)33(27,28)31-19-7-3-1-4-8-19)22-14-12-18(26)16-24(22)34(29,30)32-20-9-5-2-6-10-20/h1-16H,25-26H2. The van der Waals surface area contributed by atoms with Gasteiger partial charge in [-0.3, -0.25) is 0 Å². The maximum Gasteiger partial charge on any atom is 0.339 e. The van der Waals surface area contributed by atoms with Crippen LogP contribution in [0.3, 0.4) is 0 Å². The van der Waals surface area contributed by atoms with E-state index in [1.807, 2.05) is 0 Å². The van der Waals surface area contributed by atoms with Gasteiger partial charge < -0.3 is 19.8 Å². The van der Waals surface area contributed by atoms with Gasteiger partial charge in [0, 0.05) is 22.5 Å². The summed E-state index contributed by atoms with van der Waals surface area (Å²) in [4.78, 5) is -0.616. The van der Waals surface area contributed by atoms with Crippen molar-refractivity contribution in [3.63, 3.8) is 0 Å². The highest BCUT2D eigenvalue weighted by atomic mass is 32.2. The molecule has 0 amide bonds. The van der Waals surface area contributed by atoms with Gasteiger partial charge in [-0.05, 0) is 48.5 Å². The zero-order valence-electron chi connectivity index (χ0n) is 17.7. The third-order valence-electron chi connectivity index (χ3n) is 4.74. The Bertz CT molecular complexity index is 1420. The molecule has 4 aromatic carbocycles. The van der Waals surface area contributed by atoms with Crippen molar-refractivity contribution >= 4 is 31.6 Å². The summed E-state index contributed by atoms with van der Waals surface area (Å²) in [6.45, 7) is 0. The van der Waals surface area contributed by atoms with Crippen molar-refractivity contribution < 1.29 is 25.2 Å². The Labute approximate surface area is 197 Å². The molecule has 0 aliphatic carbocycles. The highest BCUT2D eigenvalue weighted by molar-refractivity contribution is 7.87. The second kappa shape index (κ2) is 9.08. The van der Waals surface area contributed by atoms with Gasteiger partial charge in [0.05, 0.1) is 0 Å². The maximum absolute atomic E-state index is 13.2. The van der Waals surface area contributed by atoms with Gasteiger partial charge in [0.25, 0.3) is 0 Å². The smallest absolute Gasteiger partial charge is 0.339 e. The molecule has 0 aliphatic rings. The monoisotopic (exact) mass is 496 g/mol. The van der Waals surface area contributed by atoms with Gasteiger partial charge in [0.15, 0.2) is 0 Å². The molecule has 0 atom stereocenters. The number of anilines is 2. The molecule has 4 aromatic rings. The van der Waals surface area contributed by atoms with E-state index in [0.717, 1.165) is 0 Å². The quantitative estimate of drug-likeness (QED) is 0.289. The van der Waals surface area contributed by atoms with Crippen LogP contribution < -0.4 is 19.8 Å². The van der Waals surface area contributed by atoms with Crippen molar-refractivity contribution in [3.05, 3.63) is 97.1 Å². The predicted octanol–water partition coefficient (Wildman–Crippen LogP) is 4.05. The molecule has 0 fully saturated rings. The van der Waals surface area contributed by atoms with E-state index >= 15 is 0 Å². The average molecular weight is 497 g/mol. The highest BCUT2D eigenvalue weighted by Gasteiger charge is 2.28. The fourth-order valence-electron chi connectivity index (χ4n) is 3.23. The van der Waals surface area contributed by atoms with Gasteiger partial charge in [-0.25, -0.2) is 0 Å². The molecule has 0 aromatic heterocycles. The second-order valence-electron chi connectivity index (χ2n) is 7.21. The molecule has 0 saturated carbocycles. The van der Waals surface area contributed by atoms with E-state index in [1.165, 1.54) is 60.7 Å². The molecule has 10 heteroatoms. The van der Waals surface area contributed by atoms with Crippen LogP contribution in [-0.4, -0.2) is 16.8 Å². The summed E-state index contributed by atoms with van der Waals surface area (Å²) in [5.41, 5.74) is 12.1. The Morgan fingerprint density at radius 1 is 0.500 bits per heavy atom. The lowest BCUT2D eigenvalue weighted by molar-refractivity contribution is 0.483. The third-order valence-corrected chi connectivity index (χ3v) is 7.32. The summed E-state index contributed by atoms with van der Waals surface area (Å²) in [7, 11) is -8.79. The van der Waals surface area contributed by atoms with Crippen LogP contribution in [0.5, 0.6) is 11.5 Å². The molecule has 0 heterocycles. The van der Waals surface area contributed by atoms with Gasteiger partial charge in [0.2, 0.25) is 0 Å². The van der Waals surface area contributed by atoms with Gasteiger partial charge in [0.1, 0.15) is 21.3 Å². The lowest BCUT2D eigenvalue weighted by atomic mass is 10.0. The number of hydrogen-bond acceptors (Lipinski definition) is 8. The SMILES string of the molecule is Nc1ccc(-c2ccc(N)cc2S(=O)(=O)Oc2ccccc2)c(S(=O)(=O)Oc2ccccc2)c1. The zero-order chi connectivity index (χ0) is 24.3. The molecule has 0 aliphatic heterocycles. The molecule has 4 rings (SSSR count). The first kappa shape index (κ1) is 23.1. The van der Waals surface area contributed by atoms with Crippen LogP contribution in [0.4, 0.5) is 11.4 Å². The number of hydrogen-bond donors (Lipinski definition) is 2. The fourth-order valence-corrected chi connectivity index (χ4v) is 5.60. The summed E-state index contributed by atoms with van der Waals surface area (Å²) in [6.07, 6.45) is 0. The summed E-state index contributed by atoms with van der Waals surface area (Å²) < 4.78 is 63.3. The van der Waals surface area contributed by atoms with Gasteiger partial charge >= 0.3 is 20.2 Å². The van der Waals surface area contributed by atoms with Crippen LogP contribution >= 0.6 is 0 Å². The van der Waals surface area contributed by atoms with E-state index in [2.05, 4.69) is 0 Å². The van der Waals surface area contributed by atoms with Crippen LogP contribution in [-0.2, 0) is 20.2 Å². The van der Waals surface area contributed by atoms with Crippen LogP contribution in [0.2, 0.25) is 0 Å². The Kier molecular flexibility index (Phi) is 6.18.